The Morgan fingerprint density at radius 1 is 1.25 bits per heavy atom. The van der Waals surface area contributed by atoms with Crippen LogP contribution in [0.5, 0.6) is 0 Å². The number of nitrogens with zero attached hydrogens (tertiary/aromatic N) is 2. The fourth-order valence-corrected chi connectivity index (χ4v) is 4.22. The molecule has 24 heavy (non-hydrogen) atoms. The maximum Gasteiger partial charge on any atom is 0.417 e. The third-order valence-electron chi connectivity index (χ3n) is 4.09. The number of piperazine rings is 1. The predicted molar refractivity (Wildman–Crippen MR) is 87.1 cm³/mol. The SMILES string of the molecule is CCCC(=O)N1CCN(S(=O)(=O)c2ccc3[nH]c(=O)oc3c2)CC1. The molecule has 1 aliphatic rings. The number of fused-ring (bicyclic) bond motifs is 1. The lowest BCUT2D eigenvalue weighted by Crippen LogP contribution is -2.50. The number of benzene rings is 1. The van der Waals surface area contributed by atoms with Gasteiger partial charge in [-0.1, -0.05) is 6.92 Å². The summed E-state index contributed by atoms with van der Waals surface area (Å²) >= 11 is 0. The number of sulfonamides is 1. The number of amides is 1. The highest BCUT2D eigenvalue weighted by Crippen LogP contribution is 2.21. The van der Waals surface area contributed by atoms with Crippen LogP contribution in [-0.4, -0.2) is 54.7 Å². The maximum atomic E-state index is 12.7. The van der Waals surface area contributed by atoms with Crippen molar-refractivity contribution in [1.29, 1.82) is 0 Å². The highest BCUT2D eigenvalue weighted by atomic mass is 32.2. The van der Waals surface area contributed by atoms with E-state index in [-0.39, 0.29) is 29.5 Å². The van der Waals surface area contributed by atoms with Gasteiger partial charge in [0.15, 0.2) is 5.58 Å². The van der Waals surface area contributed by atoms with Crippen LogP contribution in [0.15, 0.2) is 32.3 Å². The molecule has 1 aromatic heterocycles. The van der Waals surface area contributed by atoms with Gasteiger partial charge in [0.1, 0.15) is 0 Å². The monoisotopic (exact) mass is 353 g/mol. The van der Waals surface area contributed by atoms with Crippen LogP contribution in [0.1, 0.15) is 19.8 Å². The molecule has 130 valence electrons. The number of hydrogen-bond acceptors (Lipinski definition) is 5. The van der Waals surface area contributed by atoms with E-state index in [2.05, 4.69) is 4.98 Å². The zero-order valence-electron chi connectivity index (χ0n) is 13.3. The molecule has 0 bridgehead atoms. The first-order chi connectivity index (χ1) is 11.4. The van der Waals surface area contributed by atoms with E-state index in [9.17, 15) is 18.0 Å². The number of carbonyl (C=O) groups is 1. The molecule has 0 atom stereocenters. The topological polar surface area (TPSA) is 104 Å². The fourth-order valence-electron chi connectivity index (χ4n) is 2.79. The second kappa shape index (κ2) is 6.40. The van der Waals surface area contributed by atoms with Crippen LogP contribution in [0.4, 0.5) is 0 Å². The van der Waals surface area contributed by atoms with E-state index in [0.29, 0.717) is 25.0 Å². The van der Waals surface area contributed by atoms with Crippen LogP contribution in [-0.2, 0) is 14.8 Å². The zero-order valence-corrected chi connectivity index (χ0v) is 14.1. The summed E-state index contributed by atoms with van der Waals surface area (Å²) in [5, 5.41) is 0. The van der Waals surface area contributed by atoms with Gasteiger partial charge in [-0.2, -0.15) is 4.31 Å². The van der Waals surface area contributed by atoms with Crippen LogP contribution in [0.25, 0.3) is 11.1 Å². The first-order valence-corrected chi connectivity index (χ1v) is 9.26. The number of hydrogen-bond donors (Lipinski definition) is 1. The second-order valence-corrected chi connectivity index (χ2v) is 7.65. The van der Waals surface area contributed by atoms with Gasteiger partial charge in [0.05, 0.1) is 10.4 Å². The number of oxazole rings is 1. The van der Waals surface area contributed by atoms with Gasteiger partial charge in [0, 0.05) is 38.7 Å². The van der Waals surface area contributed by atoms with E-state index in [4.69, 9.17) is 4.42 Å². The highest BCUT2D eigenvalue weighted by molar-refractivity contribution is 7.89. The van der Waals surface area contributed by atoms with Crippen LogP contribution in [0, 0.1) is 0 Å². The van der Waals surface area contributed by atoms with Crippen molar-refractivity contribution in [2.24, 2.45) is 0 Å². The van der Waals surface area contributed by atoms with Crippen LogP contribution < -0.4 is 5.76 Å². The molecular formula is C15H19N3O5S. The average Bonchev–Trinajstić information content (AvgIpc) is 2.94. The maximum absolute atomic E-state index is 12.7. The number of rotatable bonds is 4. The summed E-state index contributed by atoms with van der Waals surface area (Å²) in [6, 6.07) is 4.29. The third kappa shape index (κ3) is 3.09. The Morgan fingerprint density at radius 3 is 2.62 bits per heavy atom. The predicted octanol–water partition coefficient (Wildman–Crippen LogP) is 0.754. The molecule has 0 radical (unpaired) electrons. The van der Waals surface area contributed by atoms with Crippen LogP contribution >= 0.6 is 0 Å². The van der Waals surface area contributed by atoms with Gasteiger partial charge < -0.3 is 9.32 Å². The number of nitrogens with one attached hydrogen (secondary N) is 1. The molecule has 2 aromatic rings. The molecule has 1 saturated heterocycles. The summed E-state index contributed by atoms with van der Waals surface area (Å²) in [5.74, 6) is -0.562. The fraction of sp³-hybridized carbons (Fsp3) is 0.467. The molecule has 0 unspecified atom stereocenters. The van der Waals surface area contributed by atoms with Crippen molar-refractivity contribution in [2.75, 3.05) is 26.2 Å². The molecule has 1 N–H and O–H groups in total. The number of carbonyl (C=O) groups excluding carboxylic acids is 1. The van der Waals surface area contributed by atoms with Gasteiger partial charge in [-0.05, 0) is 18.6 Å². The van der Waals surface area contributed by atoms with Crippen molar-refractivity contribution in [2.45, 2.75) is 24.7 Å². The Labute approximate surface area is 139 Å². The molecule has 2 heterocycles. The molecular weight excluding hydrogens is 334 g/mol. The van der Waals surface area contributed by atoms with E-state index in [1.165, 1.54) is 22.5 Å². The summed E-state index contributed by atoms with van der Waals surface area (Å²) in [6.45, 7) is 3.23. The molecule has 0 aliphatic carbocycles. The lowest BCUT2D eigenvalue weighted by Gasteiger charge is -2.34. The van der Waals surface area contributed by atoms with Gasteiger partial charge in [-0.3, -0.25) is 9.78 Å². The molecule has 1 amide bonds. The lowest BCUT2D eigenvalue weighted by molar-refractivity contribution is -0.132. The first-order valence-electron chi connectivity index (χ1n) is 7.82. The summed E-state index contributed by atoms with van der Waals surface area (Å²) in [6.07, 6.45) is 1.26. The van der Waals surface area contributed by atoms with E-state index in [1.54, 1.807) is 4.90 Å². The van der Waals surface area contributed by atoms with Crippen molar-refractivity contribution in [3.05, 3.63) is 28.7 Å². The normalized spacial score (nSPS) is 16.6. The van der Waals surface area contributed by atoms with Crippen molar-refractivity contribution in [3.63, 3.8) is 0 Å². The standard InChI is InChI=1S/C15H19N3O5S/c1-2-3-14(19)17-6-8-18(9-7-17)24(21,22)11-4-5-12-13(10-11)23-15(20)16-12/h4-5,10H,2-3,6-9H2,1H3,(H,16,20). The highest BCUT2D eigenvalue weighted by Gasteiger charge is 2.30. The Balaban J connectivity index is 1.78. The van der Waals surface area contributed by atoms with Gasteiger partial charge >= 0.3 is 5.76 Å². The molecule has 3 rings (SSSR count). The molecule has 1 aliphatic heterocycles. The van der Waals surface area contributed by atoms with Gasteiger partial charge in [-0.25, -0.2) is 13.2 Å². The third-order valence-corrected chi connectivity index (χ3v) is 5.98. The van der Waals surface area contributed by atoms with Gasteiger partial charge in [0.25, 0.3) is 0 Å². The van der Waals surface area contributed by atoms with Crippen molar-refractivity contribution >= 4 is 27.0 Å². The van der Waals surface area contributed by atoms with Gasteiger partial charge in [-0.15, -0.1) is 0 Å². The Bertz CT molecular complexity index is 907. The largest absolute Gasteiger partial charge is 0.417 e. The van der Waals surface area contributed by atoms with E-state index in [0.717, 1.165) is 6.42 Å². The second-order valence-electron chi connectivity index (χ2n) is 5.71. The summed E-state index contributed by atoms with van der Waals surface area (Å²) in [5.41, 5.74) is 0.659. The quantitative estimate of drug-likeness (QED) is 0.874. The van der Waals surface area contributed by atoms with E-state index in [1.807, 2.05) is 6.92 Å². The molecule has 8 nitrogen and oxygen atoms in total. The molecule has 1 fully saturated rings. The first kappa shape index (κ1) is 16.7. The van der Waals surface area contributed by atoms with Crippen molar-refractivity contribution in [1.82, 2.24) is 14.2 Å². The van der Waals surface area contributed by atoms with E-state index >= 15 is 0 Å². The number of aromatic nitrogens is 1. The van der Waals surface area contributed by atoms with Crippen LogP contribution in [0.3, 0.4) is 0 Å². The lowest BCUT2D eigenvalue weighted by atomic mass is 10.2. The minimum atomic E-state index is -3.69. The molecule has 1 aromatic carbocycles. The Morgan fingerprint density at radius 2 is 1.96 bits per heavy atom. The van der Waals surface area contributed by atoms with Crippen molar-refractivity contribution < 1.29 is 17.6 Å². The number of aromatic amines is 1. The average molecular weight is 353 g/mol. The summed E-state index contributed by atoms with van der Waals surface area (Å²) < 4.78 is 31.7. The zero-order chi connectivity index (χ0) is 17.3. The molecule has 9 heteroatoms. The summed E-state index contributed by atoms with van der Waals surface area (Å²) in [7, 11) is -3.69. The van der Waals surface area contributed by atoms with Gasteiger partial charge in [0.2, 0.25) is 15.9 Å². The molecule has 0 spiro atoms. The number of H-pyrrole nitrogens is 1. The smallest absolute Gasteiger partial charge is 0.408 e. The minimum absolute atomic E-state index is 0.0602. The van der Waals surface area contributed by atoms with E-state index < -0.39 is 15.8 Å². The Hall–Kier alpha value is -2.13. The van der Waals surface area contributed by atoms with Crippen molar-refractivity contribution in [3.8, 4) is 0 Å². The summed E-state index contributed by atoms with van der Waals surface area (Å²) in [4.78, 5) is 27.3. The Kier molecular flexibility index (Phi) is 4.46. The minimum Gasteiger partial charge on any atom is -0.408 e. The molecule has 0 saturated carbocycles. The van der Waals surface area contributed by atoms with Crippen LogP contribution in [0.2, 0.25) is 0 Å².